The number of carbonyl (C=O) groups excluding carboxylic acids is 2. The zero-order chi connectivity index (χ0) is 24.2. The molecule has 0 fully saturated rings. The lowest BCUT2D eigenvalue weighted by atomic mass is 10.0. The fraction of sp³-hybridized carbons (Fsp3) is 0. The Labute approximate surface area is 200 Å². The third-order valence-electron chi connectivity index (χ3n) is 5.42. The molecule has 5 rings (SSSR count). The van der Waals surface area contributed by atoms with Crippen molar-refractivity contribution in [1.29, 1.82) is 0 Å². The molecular formula is C27H19N5O3. The topological polar surface area (TPSA) is 109 Å². The van der Waals surface area contributed by atoms with E-state index in [4.69, 9.17) is 0 Å². The highest BCUT2D eigenvalue weighted by molar-refractivity contribution is 6.11. The van der Waals surface area contributed by atoms with Crippen LogP contribution < -0.4 is 5.32 Å². The molecule has 4 aromatic carbocycles. The van der Waals surface area contributed by atoms with Crippen molar-refractivity contribution in [1.82, 2.24) is 9.78 Å². The van der Waals surface area contributed by atoms with E-state index >= 15 is 0 Å². The third kappa shape index (κ3) is 4.28. The van der Waals surface area contributed by atoms with Crippen LogP contribution in [0.5, 0.6) is 5.75 Å². The Morgan fingerprint density at radius 2 is 1.60 bits per heavy atom. The normalized spacial score (nSPS) is 11.1. The first-order valence-corrected chi connectivity index (χ1v) is 10.8. The molecule has 0 saturated carbocycles. The number of hydrogen-bond acceptors (Lipinski definition) is 6. The SMILES string of the molecule is O=Cc1cnn(-c2ccccc2)c1N=Nc1c(O)c(C(=O)Nc2ccccc2)cc2ccccc12. The molecule has 1 aromatic heterocycles. The summed E-state index contributed by atoms with van der Waals surface area (Å²) in [6.45, 7) is 0. The number of aromatic nitrogens is 2. The zero-order valence-corrected chi connectivity index (χ0v) is 18.4. The van der Waals surface area contributed by atoms with E-state index in [1.807, 2.05) is 48.5 Å². The molecular weight excluding hydrogens is 442 g/mol. The average molecular weight is 461 g/mol. The van der Waals surface area contributed by atoms with Crippen LogP contribution in [0.4, 0.5) is 17.2 Å². The predicted molar refractivity (Wildman–Crippen MR) is 133 cm³/mol. The van der Waals surface area contributed by atoms with Crippen LogP contribution in [0.1, 0.15) is 20.7 Å². The molecule has 0 saturated heterocycles. The van der Waals surface area contributed by atoms with E-state index in [1.54, 1.807) is 42.5 Å². The fourth-order valence-electron chi connectivity index (χ4n) is 3.71. The highest BCUT2D eigenvalue weighted by Crippen LogP contribution is 2.40. The maximum absolute atomic E-state index is 13.0. The summed E-state index contributed by atoms with van der Waals surface area (Å²) in [5.74, 6) is -0.605. The summed E-state index contributed by atoms with van der Waals surface area (Å²) >= 11 is 0. The molecule has 8 heteroatoms. The number of amides is 1. The van der Waals surface area contributed by atoms with Crippen molar-refractivity contribution in [2.24, 2.45) is 10.2 Å². The summed E-state index contributed by atoms with van der Waals surface area (Å²) in [5.41, 5.74) is 1.68. The van der Waals surface area contributed by atoms with Crippen LogP contribution in [0.15, 0.2) is 107 Å². The van der Waals surface area contributed by atoms with Crippen molar-refractivity contribution in [3.05, 3.63) is 108 Å². The molecule has 0 aliphatic heterocycles. The molecule has 0 aliphatic carbocycles. The van der Waals surface area contributed by atoms with Crippen molar-refractivity contribution in [2.45, 2.75) is 0 Å². The number of fused-ring (bicyclic) bond motifs is 1. The molecule has 0 atom stereocenters. The number of nitrogens with one attached hydrogen (secondary N) is 1. The van der Waals surface area contributed by atoms with Gasteiger partial charge in [-0.15, -0.1) is 10.2 Å². The molecule has 5 aromatic rings. The number of benzene rings is 4. The Hall–Kier alpha value is -5.11. The summed E-state index contributed by atoms with van der Waals surface area (Å²) in [6.07, 6.45) is 2.04. The van der Waals surface area contributed by atoms with Gasteiger partial charge in [0, 0.05) is 11.1 Å². The minimum atomic E-state index is -0.487. The van der Waals surface area contributed by atoms with Crippen LogP contribution >= 0.6 is 0 Å². The minimum Gasteiger partial charge on any atom is -0.505 e. The van der Waals surface area contributed by atoms with Gasteiger partial charge in [0.1, 0.15) is 5.69 Å². The maximum atomic E-state index is 13.0. The summed E-state index contributed by atoms with van der Waals surface area (Å²) in [7, 11) is 0. The van der Waals surface area contributed by atoms with Gasteiger partial charge in [-0.25, -0.2) is 4.68 Å². The lowest BCUT2D eigenvalue weighted by Crippen LogP contribution is -2.12. The second kappa shape index (κ2) is 9.40. The van der Waals surface area contributed by atoms with Gasteiger partial charge < -0.3 is 10.4 Å². The number of rotatable bonds is 6. The predicted octanol–water partition coefficient (Wildman–Crippen LogP) is 6.21. The van der Waals surface area contributed by atoms with Crippen molar-refractivity contribution in [2.75, 3.05) is 5.32 Å². The number of nitrogens with zero attached hydrogens (tertiary/aromatic N) is 4. The van der Waals surface area contributed by atoms with Crippen molar-refractivity contribution in [3.63, 3.8) is 0 Å². The molecule has 0 radical (unpaired) electrons. The maximum Gasteiger partial charge on any atom is 0.259 e. The summed E-state index contributed by atoms with van der Waals surface area (Å²) in [4.78, 5) is 24.6. The first-order valence-electron chi connectivity index (χ1n) is 10.8. The molecule has 8 nitrogen and oxygen atoms in total. The van der Waals surface area contributed by atoms with Crippen LogP contribution in [-0.2, 0) is 0 Å². The molecule has 1 amide bonds. The number of para-hydroxylation sites is 2. The van der Waals surface area contributed by atoms with Crippen LogP contribution in [0, 0.1) is 0 Å². The van der Waals surface area contributed by atoms with Gasteiger partial charge in [-0.05, 0) is 35.7 Å². The van der Waals surface area contributed by atoms with E-state index < -0.39 is 5.91 Å². The van der Waals surface area contributed by atoms with E-state index in [0.717, 1.165) is 0 Å². The van der Waals surface area contributed by atoms with E-state index in [1.165, 1.54) is 10.9 Å². The van der Waals surface area contributed by atoms with Gasteiger partial charge >= 0.3 is 0 Å². The molecule has 170 valence electrons. The molecule has 2 N–H and O–H groups in total. The Bertz CT molecular complexity index is 1560. The highest BCUT2D eigenvalue weighted by atomic mass is 16.3. The van der Waals surface area contributed by atoms with Gasteiger partial charge in [0.05, 0.1) is 23.0 Å². The molecule has 35 heavy (non-hydrogen) atoms. The summed E-state index contributed by atoms with van der Waals surface area (Å²) < 4.78 is 1.48. The molecule has 0 bridgehead atoms. The lowest BCUT2D eigenvalue weighted by molar-refractivity contribution is 0.102. The molecule has 0 unspecified atom stereocenters. The number of anilines is 1. The molecule has 0 aliphatic rings. The first-order chi connectivity index (χ1) is 17.2. The third-order valence-corrected chi connectivity index (χ3v) is 5.42. The number of phenolic OH excluding ortho intramolecular Hbond substituents is 1. The highest BCUT2D eigenvalue weighted by Gasteiger charge is 2.19. The van der Waals surface area contributed by atoms with Crippen LogP contribution in [0.25, 0.3) is 16.5 Å². The Morgan fingerprint density at radius 3 is 2.34 bits per heavy atom. The number of hydrogen-bond donors (Lipinski definition) is 2. The van der Waals surface area contributed by atoms with Gasteiger partial charge in [-0.2, -0.15) is 5.10 Å². The Balaban J connectivity index is 1.61. The standard InChI is InChI=1S/C27H19N5O3/c33-17-19-16-28-32(21-12-5-2-6-13-21)26(19)31-30-24-22-14-8-7-9-18(22)15-23(25(24)34)27(35)29-20-10-3-1-4-11-20/h1-17,34H,(H,29,35). The number of azo groups is 1. The summed E-state index contributed by atoms with van der Waals surface area (Å²) in [6, 6.07) is 27.0. The van der Waals surface area contributed by atoms with Crippen molar-refractivity contribution >= 4 is 40.2 Å². The van der Waals surface area contributed by atoms with Crippen LogP contribution in [0.3, 0.4) is 0 Å². The van der Waals surface area contributed by atoms with E-state index in [9.17, 15) is 14.7 Å². The van der Waals surface area contributed by atoms with Crippen LogP contribution in [0.2, 0.25) is 0 Å². The van der Waals surface area contributed by atoms with Gasteiger partial charge in [-0.3, -0.25) is 9.59 Å². The van der Waals surface area contributed by atoms with Crippen LogP contribution in [-0.4, -0.2) is 27.1 Å². The monoisotopic (exact) mass is 461 g/mol. The number of aromatic hydroxyl groups is 1. The van der Waals surface area contributed by atoms with E-state index in [-0.39, 0.29) is 28.4 Å². The summed E-state index contributed by atoms with van der Waals surface area (Å²) in [5, 5.41) is 28.0. The van der Waals surface area contributed by atoms with Gasteiger partial charge in [-0.1, -0.05) is 60.7 Å². The van der Waals surface area contributed by atoms with Gasteiger partial charge in [0.2, 0.25) is 0 Å². The molecule has 0 spiro atoms. The average Bonchev–Trinajstić information content (AvgIpc) is 3.32. The van der Waals surface area contributed by atoms with Gasteiger partial charge in [0.15, 0.2) is 17.9 Å². The number of phenols is 1. The zero-order valence-electron chi connectivity index (χ0n) is 18.4. The fourth-order valence-corrected chi connectivity index (χ4v) is 3.71. The quantitative estimate of drug-likeness (QED) is 0.231. The second-order valence-electron chi connectivity index (χ2n) is 7.65. The minimum absolute atomic E-state index is 0.0497. The number of carbonyl (C=O) groups is 2. The van der Waals surface area contributed by atoms with Crippen molar-refractivity contribution in [3.8, 4) is 11.4 Å². The number of aldehydes is 1. The molecule has 1 heterocycles. The van der Waals surface area contributed by atoms with E-state index in [0.29, 0.717) is 28.4 Å². The lowest BCUT2D eigenvalue weighted by Gasteiger charge is -2.11. The second-order valence-corrected chi connectivity index (χ2v) is 7.65. The Kier molecular flexibility index (Phi) is 5.83. The van der Waals surface area contributed by atoms with Crippen molar-refractivity contribution < 1.29 is 14.7 Å². The first kappa shape index (κ1) is 21.7. The van der Waals surface area contributed by atoms with E-state index in [2.05, 4.69) is 20.6 Å². The van der Waals surface area contributed by atoms with Gasteiger partial charge in [0.25, 0.3) is 5.91 Å². The largest absolute Gasteiger partial charge is 0.505 e. The Morgan fingerprint density at radius 1 is 0.914 bits per heavy atom. The smallest absolute Gasteiger partial charge is 0.259 e.